The summed E-state index contributed by atoms with van der Waals surface area (Å²) in [6.07, 6.45) is 5.18. The summed E-state index contributed by atoms with van der Waals surface area (Å²) in [7, 11) is 0. The molecule has 1 aliphatic heterocycles. The van der Waals surface area contributed by atoms with Crippen LogP contribution in [0.25, 0.3) is 16.8 Å². The van der Waals surface area contributed by atoms with Gasteiger partial charge >= 0.3 is 0 Å². The lowest BCUT2D eigenvalue weighted by Crippen LogP contribution is -2.16. The third-order valence-electron chi connectivity index (χ3n) is 4.43. The molecule has 0 amide bonds. The molecule has 1 fully saturated rings. The van der Waals surface area contributed by atoms with Crippen molar-refractivity contribution in [1.29, 1.82) is 0 Å². The van der Waals surface area contributed by atoms with Gasteiger partial charge in [-0.3, -0.25) is 0 Å². The molecule has 4 rings (SSSR count). The lowest BCUT2D eigenvalue weighted by molar-refractivity contribution is 0.0545. The summed E-state index contributed by atoms with van der Waals surface area (Å²) >= 11 is 0. The van der Waals surface area contributed by atoms with Gasteiger partial charge in [0.05, 0.1) is 18.4 Å². The monoisotopic (exact) mass is 319 g/mol. The van der Waals surface area contributed by atoms with Crippen LogP contribution in [0.3, 0.4) is 0 Å². The number of rotatable bonds is 5. The minimum absolute atomic E-state index is 0.327. The van der Waals surface area contributed by atoms with E-state index in [2.05, 4.69) is 58.9 Å². The largest absolute Gasteiger partial charge is 0.372 e. The van der Waals surface area contributed by atoms with Crippen molar-refractivity contribution in [3.8, 4) is 16.8 Å². The second kappa shape index (κ2) is 6.99. The summed E-state index contributed by atoms with van der Waals surface area (Å²) in [5.41, 5.74) is 4.69. The van der Waals surface area contributed by atoms with Gasteiger partial charge in [0.15, 0.2) is 0 Å². The molecule has 1 atom stereocenters. The van der Waals surface area contributed by atoms with Gasteiger partial charge in [-0.05, 0) is 47.9 Å². The molecule has 1 saturated heterocycles. The Kier molecular flexibility index (Phi) is 4.40. The molecule has 1 aliphatic rings. The standard InChI is InChI=1S/C20H21N3O/c1-2-8-20(17(5-1)15-24-19-9-11-21-14-19)16-6-3-7-18(13-16)23-12-4-10-22-23/h1-8,10,12-13,19,21H,9,11,14-15H2/t19-/m0/s1. The maximum Gasteiger partial charge on any atom is 0.0727 e. The van der Waals surface area contributed by atoms with Crippen LogP contribution in [-0.2, 0) is 11.3 Å². The first-order valence-corrected chi connectivity index (χ1v) is 8.41. The minimum atomic E-state index is 0.327. The highest BCUT2D eigenvalue weighted by molar-refractivity contribution is 5.69. The van der Waals surface area contributed by atoms with Crippen molar-refractivity contribution in [2.75, 3.05) is 13.1 Å². The van der Waals surface area contributed by atoms with Crippen molar-refractivity contribution in [1.82, 2.24) is 15.1 Å². The molecule has 24 heavy (non-hydrogen) atoms. The van der Waals surface area contributed by atoms with Gasteiger partial charge in [0.1, 0.15) is 0 Å². The normalized spacial score (nSPS) is 17.2. The maximum absolute atomic E-state index is 6.07. The van der Waals surface area contributed by atoms with Gasteiger partial charge in [0.25, 0.3) is 0 Å². The Morgan fingerprint density at radius 1 is 1.12 bits per heavy atom. The van der Waals surface area contributed by atoms with Crippen LogP contribution in [0, 0.1) is 0 Å². The molecular formula is C20H21N3O. The first-order valence-electron chi connectivity index (χ1n) is 8.41. The number of aromatic nitrogens is 2. The molecule has 0 spiro atoms. The molecule has 2 aromatic carbocycles. The Morgan fingerprint density at radius 2 is 2.08 bits per heavy atom. The van der Waals surface area contributed by atoms with Crippen LogP contribution in [0.15, 0.2) is 67.0 Å². The quantitative estimate of drug-likeness (QED) is 0.783. The van der Waals surface area contributed by atoms with Gasteiger partial charge in [0, 0.05) is 18.9 Å². The van der Waals surface area contributed by atoms with E-state index in [0.29, 0.717) is 12.7 Å². The number of benzene rings is 2. The van der Waals surface area contributed by atoms with Crippen molar-refractivity contribution in [3.05, 3.63) is 72.6 Å². The molecule has 2 heterocycles. The number of hydrogen-bond acceptors (Lipinski definition) is 3. The summed E-state index contributed by atoms with van der Waals surface area (Å²) in [6.45, 7) is 2.66. The summed E-state index contributed by atoms with van der Waals surface area (Å²) in [5.74, 6) is 0. The Morgan fingerprint density at radius 3 is 2.92 bits per heavy atom. The number of nitrogens with one attached hydrogen (secondary N) is 1. The summed E-state index contributed by atoms with van der Waals surface area (Å²) in [5, 5.41) is 7.66. The van der Waals surface area contributed by atoms with Crippen LogP contribution < -0.4 is 5.32 Å². The average Bonchev–Trinajstić information content (AvgIpc) is 3.34. The minimum Gasteiger partial charge on any atom is -0.372 e. The highest BCUT2D eigenvalue weighted by Gasteiger charge is 2.15. The fraction of sp³-hybridized carbons (Fsp3) is 0.250. The van der Waals surface area contributed by atoms with E-state index in [1.807, 2.05) is 16.9 Å². The molecule has 0 radical (unpaired) electrons. The van der Waals surface area contributed by atoms with Crippen molar-refractivity contribution in [2.45, 2.75) is 19.1 Å². The zero-order valence-corrected chi connectivity index (χ0v) is 13.6. The third kappa shape index (κ3) is 3.25. The van der Waals surface area contributed by atoms with Crippen molar-refractivity contribution < 1.29 is 4.74 Å². The lowest BCUT2D eigenvalue weighted by Gasteiger charge is -2.14. The molecule has 3 aromatic rings. The maximum atomic E-state index is 6.07. The van der Waals surface area contributed by atoms with Crippen LogP contribution in [-0.4, -0.2) is 29.0 Å². The van der Waals surface area contributed by atoms with E-state index >= 15 is 0 Å². The molecule has 0 unspecified atom stereocenters. The Bertz CT molecular complexity index is 792. The fourth-order valence-electron chi connectivity index (χ4n) is 3.14. The van der Waals surface area contributed by atoms with Crippen molar-refractivity contribution in [3.63, 3.8) is 0 Å². The van der Waals surface area contributed by atoms with E-state index in [1.54, 1.807) is 6.20 Å². The predicted molar refractivity (Wildman–Crippen MR) is 95.1 cm³/mol. The molecule has 122 valence electrons. The highest BCUT2D eigenvalue weighted by Crippen LogP contribution is 2.26. The molecule has 0 bridgehead atoms. The number of ether oxygens (including phenoxy) is 1. The van der Waals surface area contributed by atoms with Gasteiger partial charge < -0.3 is 10.1 Å². The van der Waals surface area contributed by atoms with Crippen LogP contribution in [0.4, 0.5) is 0 Å². The van der Waals surface area contributed by atoms with Gasteiger partial charge in [-0.2, -0.15) is 5.10 Å². The molecule has 1 aromatic heterocycles. The van der Waals surface area contributed by atoms with E-state index < -0.39 is 0 Å². The molecule has 1 N–H and O–H groups in total. The van der Waals surface area contributed by atoms with E-state index in [1.165, 1.54) is 16.7 Å². The zero-order valence-electron chi connectivity index (χ0n) is 13.6. The topological polar surface area (TPSA) is 39.1 Å². The van der Waals surface area contributed by atoms with Gasteiger partial charge in [-0.15, -0.1) is 0 Å². The molecule has 4 heteroatoms. The van der Waals surface area contributed by atoms with Crippen LogP contribution in [0.5, 0.6) is 0 Å². The average molecular weight is 319 g/mol. The number of hydrogen-bond donors (Lipinski definition) is 1. The number of nitrogens with zero attached hydrogens (tertiary/aromatic N) is 2. The van der Waals surface area contributed by atoms with Crippen LogP contribution >= 0.6 is 0 Å². The molecule has 4 nitrogen and oxygen atoms in total. The zero-order chi connectivity index (χ0) is 16.2. The summed E-state index contributed by atoms with van der Waals surface area (Å²) in [6, 6.07) is 18.9. The Hall–Kier alpha value is -2.43. The molecule has 0 aliphatic carbocycles. The summed E-state index contributed by atoms with van der Waals surface area (Å²) in [4.78, 5) is 0. The second-order valence-electron chi connectivity index (χ2n) is 6.08. The van der Waals surface area contributed by atoms with Crippen molar-refractivity contribution >= 4 is 0 Å². The second-order valence-corrected chi connectivity index (χ2v) is 6.08. The van der Waals surface area contributed by atoms with Gasteiger partial charge in [0.2, 0.25) is 0 Å². The lowest BCUT2D eigenvalue weighted by atomic mass is 9.99. The Balaban J connectivity index is 1.60. The van der Waals surface area contributed by atoms with Crippen LogP contribution in [0.1, 0.15) is 12.0 Å². The fourth-order valence-corrected chi connectivity index (χ4v) is 3.14. The molecule has 0 saturated carbocycles. The SMILES string of the molecule is c1cc(-c2ccccc2CO[C@H]2CCNC2)cc(-n2cccn2)c1. The van der Waals surface area contributed by atoms with E-state index in [9.17, 15) is 0 Å². The first kappa shape index (κ1) is 15.1. The van der Waals surface area contributed by atoms with Crippen molar-refractivity contribution in [2.24, 2.45) is 0 Å². The van der Waals surface area contributed by atoms with E-state index in [-0.39, 0.29) is 0 Å². The van der Waals surface area contributed by atoms with E-state index in [0.717, 1.165) is 25.2 Å². The van der Waals surface area contributed by atoms with Crippen LogP contribution in [0.2, 0.25) is 0 Å². The highest BCUT2D eigenvalue weighted by atomic mass is 16.5. The van der Waals surface area contributed by atoms with Gasteiger partial charge in [-0.1, -0.05) is 36.4 Å². The first-order chi connectivity index (χ1) is 11.9. The molecular weight excluding hydrogens is 298 g/mol. The van der Waals surface area contributed by atoms with Gasteiger partial charge in [-0.25, -0.2) is 4.68 Å². The van der Waals surface area contributed by atoms with E-state index in [4.69, 9.17) is 4.74 Å². The third-order valence-corrected chi connectivity index (χ3v) is 4.43. The summed E-state index contributed by atoms with van der Waals surface area (Å²) < 4.78 is 7.96. The Labute approximate surface area is 142 Å². The predicted octanol–water partition coefficient (Wildman–Crippen LogP) is 3.42. The smallest absolute Gasteiger partial charge is 0.0727 e.